The Balaban J connectivity index is 1.54. The molecular formula is C17H20N2O3S. The van der Waals surface area contributed by atoms with Crippen LogP contribution in [0.15, 0.2) is 28.8 Å². The molecule has 6 heteroatoms. The van der Waals surface area contributed by atoms with E-state index in [4.69, 9.17) is 4.52 Å². The first kappa shape index (κ1) is 16.1. The van der Waals surface area contributed by atoms with Gasteiger partial charge in [-0.25, -0.2) is 0 Å². The molecule has 1 aromatic carbocycles. The van der Waals surface area contributed by atoms with Crippen LogP contribution in [0.3, 0.4) is 0 Å². The van der Waals surface area contributed by atoms with Crippen molar-refractivity contribution in [3.63, 3.8) is 0 Å². The van der Waals surface area contributed by atoms with Gasteiger partial charge in [0.2, 0.25) is 5.91 Å². The lowest BCUT2D eigenvalue weighted by Gasteiger charge is -2.17. The number of rotatable bonds is 5. The molecule has 2 N–H and O–H groups in total. The third-order valence-corrected chi connectivity index (χ3v) is 5.14. The van der Waals surface area contributed by atoms with Crippen molar-refractivity contribution < 1.29 is 14.4 Å². The largest absolute Gasteiger partial charge is 0.390 e. The summed E-state index contributed by atoms with van der Waals surface area (Å²) in [6.07, 6.45) is 0.0387. The van der Waals surface area contributed by atoms with Crippen LogP contribution in [0.5, 0.6) is 0 Å². The van der Waals surface area contributed by atoms with Crippen molar-refractivity contribution in [2.75, 3.05) is 5.75 Å². The van der Waals surface area contributed by atoms with Crippen LogP contribution >= 0.6 is 11.8 Å². The van der Waals surface area contributed by atoms with Crippen LogP contribution in [0.25, 0.3) is 0 Å². The topological polar surface area (TPSA) is 75.4 Å². The highest BCUT2D eigenvalue weighted by molar-refractivity contribution is 7.99. The number of amides is 1. The highest BCUT2D eigenvalue weighted by atomic mass is 32.2. The van der Waals surface area contributed by atoms with Crippen LogP contribution in [-0.2, 0) is 17.0 Å². The van der Waals surface area contributed by atoms with Crippen molar-refractivity contribution in [2.45, 2.75) is 38.2 Å². The summed E-state index contributed by atoms with van der Waals surface area (Å²) < 4.78 is 5.12. The molecule has 5 nitrogen and oxygen atoms in total. The summed E-state index contributed by atoms with van der Waals surface area (Å²) in [6, 6.07) is 7.54. The predicted molar refractivity (Wildman–Crippen MR) is 89.2 cm³/mol. The van der Waals surface area contributed by atoms with Crippen LogP contribution in [0.2, 0.25) is 0 Å². The lowest BCUT2D eigenvalue weighted by atomic mass is 10.1. The Hall–Kier alpha value is -1.79. The Morgan fingerprint density at radius 3 is 2.96 bits per heavy atom. The van der Waals surface area contributed by atoms with Gasteiger partial charge in [-0.2, -0.15) is 0 Å². The maximum absolute atomic E-state index is 12.2. The number of hydrogen-bond donors (Lipinski definition) is 2. The Labute approximate surface area is 139 Å². The maximum atomic E-state index is 12.2. The summed E-state index contributed by atoms with van der Waals surface area (Å²) >= 11 is 1.52. The normalized spacial score (nSPS) is 19.6. The lowest BCUT2D eigenvalue weighted by Crippen LogP contribution is -2.34. The van der Waals surface area contributed by atoms with Crippen molar-refractivity contribution in [3.8, 4) is 0 Å². The summed E-state index contributed by atoms with van der Waals surface area (Å²) in [4.78, 5) is 12.2. The van der Waals surface area contributed by atoms with Gasteiger partial charge < -0.3 is 14.9 Å². The SMILES string of the molecule is Cc1noc(C)c1CSCC(=O)NC1c2ccccc2CC1O. The number of benzene rings is 1. The third-order valence-electron chi connectivity index (χ3n) is 4.18. The number of nitrogens with one attached hydrogen (secondary N) is 1. The highest BCUT2D eigenvalue weighted by Gasteiger charge is 2.31. The predicted octanol–water partition coefficient (Wildman–Crippen LogP) is 2.30. The van der Waals surface area contributed by atoms with E-state index < -0.39 is 6.10 Å². The number of hydrogen-bond acceptors (Lipinski definition) is 5. The molecular weight excluding hydrogens is 312 g/mol. The van der Waals surface area contributed by atoms with E-state index in [9.17, 15) is 9.90 Å². The van der Waals surface area contributed by atoms with E-state index in [-0.39, 0.29) is 11.9 Å². The number of carbonyl (C=O) groups excluding carboxylic acids is 1. The average Bonchev–Trinajstić information content (AvgIpc) is 3.01. The van der Waals surface area contributed by atoms with Gasteiger partial charge >= 0.3 is 0 Å². The van der Waals surface area contributed by atoms with Crippen molar-refractivity contribution in [3.05, 3.63) is 52.4 Å². The Bertz CT molecular complexity index is 694. The van der Waals surface area contributed by atoms with Gasteiger partial charge in [-0.3, -0.25) is 4.79 Å². The second-order valence-corrected chi connectivity index (χ2v) is 6.80. The van der Waals surface area contributed by atoms with Gasteiger partial charge in [-0.15, -0.1) is 11.8 Å². The molecule has 1 aliphatic rings. The Morgan fingerprint density at radius 1 is 1.43 bits per heavy atom. The smallest absolute Gasteiger partial charge is 0.230 e. The number of aromatic nitrogens is 1. The molecule has 1 aromatic heterocycles. The molecule has 0 spiro atoms. The van der Waals surface area contributed by atoms with E-state index in [1.807, 2.05) is 38.1 Å². The molecule has 2 unspecified atom stereocenters. The minimum Gasteiger partial charge on any atom is -0.390 e. The quantitative estimate of drug-likeness (QED) is 0.879. The minimum absolute atomic E-state index is 0.0671. The monoisotopic (exact) mass is 332 g/mol. The van der Waals surface area contributed by atoms with Gasteiger partial charge in [0.25, 0.3) is 0 Å². The number of aryl methyl sites for hydroxylation is 2. The molecule has 0 saturated heterocycles. The van der Waals surface area contributed by atoms with Crippen LogP contribution in [0, 0.1) is 13.8 Å². The molecule has 0 radical (unpaired) electrons. The number of thioether (sulfide) groups is 1. The molecule has 3 rings (SSSR count). The van der Waals surface area contributed by atoms with Gasteiger partial charge in [-0.05, 0) is 25.0 Å². The van der Waals surface area contributed by atoms with Crippen molar-refractivity contribution in [1.29, 1.82) is 0 Å². The van der Waals surface area contributed by atoms with Crippen LogP contribution < -0.4 is 5.32 Å². The van der Waals surface area contributed by atoms with E-state index in [1.54, 1.807) is 0 Å². The molecule has 0 aliphatic heterocycles. The summed E-state index contributed by atoms with van der Waals surface area (Å²) in [5, 5.41) is 17.0. The zero-order valence-electron chi connectivity index (χ0n) is 13.2. The summed E-state index contributed by atoms with van der Waals surface area (Å²) in [7, 11) is 0. The Kier molecular flexibility index (Phi) is 4.73. The minimum atomic E-state index is -0.552. The number of aliphatic hydroxyl groups excluding tert-OH is 1. The zero-order chi connectivity index (χ0) is 16.4. The zero-order valence-corrected chi connectivity index (χ0v) is 14.0. The molecule has 0 bridgehead atoms. The average molecular weight is 332 g/mol. The first-order valence-electron chi connectivity index (χ1n) is 7.61. The number of aliphatic hydroxyl groups is 1. The fraction of sp³-hybridized carbons (Fsp3) is 0.412. The van der Waals surface area contributed by atoms with Gasteiger partial charge in [0.05, 0.1) is 23.6 Å². The van der Waals surface area contributed by atoms with E-state index in [2.05, 4.69) is 10.5 Å². The molecule has 1 amide bonds. The third kappa shape index (κ3) is 3.43. The highest BCUT2D eigenvalue weighted by Crippen LogP contribution is 2.31. The van der Waals surface area contributed by atoms with E-state index in [0.29, 0.717) is 17.9 Å². The van der Waals surface area contributed by atoms with Crippen LogP contribution in [0.1, 0.15) is 34.2 Å². The molecule has 1 heterocycles. The number of carbonyl (C=O) groups is 1. The summed E-state index contributed by atoms with van der Waals surface area (Å²) in [5.74, 6) is 1.77. The molecule has 23 heavy (non-hydrogen) atoms. The van der Waals surface area contributed by atoms with Crippen molar-refractivity contribution in [2.24, 2.45) is 0 Å². The van der Waals surface area contributed by atoms with Gasteiger partial charge in [-0.1, -0.05) is 29.4 Å². The Morgan fingerprint density at radius 2 is 2.22 bits per heavy atom. The van der Waals surface area contributed by atoms with Crippen molar-refractivity contribution in [1.82, 2.24) is 10.5 Å². The fourth-order valence-electron chi connectivity index (χ4n) is 2.92. The maximum Gasteiger partial charge on any atom is 0.230 e. The van der Waals surface area contributed by atoms with Crippen LogP contribution in [-0.4, -0.2) is 28.0 Å². The standard InChI is InChI=1S/C17H20N2O3S/c1-10-14(11(2)22-19-10)8-23-9-16(21)18-17-13-6-4-3-5-12(13)7-15(17)20/h3-6,15,17,20H,7-9H2,1-2H3,(H,18,21). The second-order valence-electron chi connectivity index (χ2n) is 5.81. The van der Waals surface area contributed by atoms with Gasteiger partial charge in [0.15, 0.2) is 0 Å². The molecule has 0 fully saturated rings. The lowest BCUT2D eigenvalue weighted by molar-refractivity contribution is -0.120. The fourth-order valence-corrected chi connectivity index (χ4v) is 3.90. The first-order chi connectivity index (χ1) is 11.1. The van der Waals surface area contributed by atoms with Crippen LogP contribution in [0.4, 0.5) is 0 Å². The van der Waals surface area contributed by atoms with Gasteiger partial charge in [0.1, 0.15) is 5.76 Å². The summed E-state index contributed by atoms with van der Waals surface area (Å²) in [6.45, 7) is 3.78. The summed E-state index contributed by atoms with van der Waals surface area (Å²) in [5.41, 5.74) is 4.04. The number of fused-ring (bicyclic) bond motifs is 1. The molecule has 122 valence electrons. The second kappa shape index (κ2) is 6.76. The number of nitrogens with zero attached hydrogens (tertiary/aromatic N) is 1. The molecule has 2 atom stereocenters. The molecule has 2 aromatic rings. The van der Waals surface area contributed by atoms with E-state index >= 15 is 0 Å². The first-order valence-corrected chi connectivity index (χ1v) is 8.76. The van der Waals surface area contributed by atoms with E-state index in [0.717, 1.165) is 28.1 Å². The van der Waals surface area contributed by atoms with E-state index in [1.165, 1.54) is 11.8 Å². The van der Waals surface area contributed by atoms with Gasteiger partial charge in [0, 0.05) is 17.7 Å². The van der Waals surface area contributed by atoms with Crippen molar-refractivity contribution >= 4 is 17.7 Å². The molecule has 0 saturated carbocycles. The molecule has 1 aliphatic carbocycles.